The Labute approximate surface area is 231 Å². The van der Waals surface area contributed by atoms with Crippen molar-refractivity contribution in [3.05, 3.63) is 121 Å². The lowest BCUT2D eigenvalue weighted by atomic mass is 9.73. The Balaban J connectivity index is 1.52. The van der Waals surface area contributed by atoms with E-state index in [1.807, 2.05) is 48.5 Å². The van der Waals surface area contributed by atoms with E-state index in [9.17, 15) is 14.9 Å². The highest BCUT2D eigenvalue weighted by Crippen LogP contribution is 2.46. The van der Waals surface area contributed by atoms with Crippen LogP contribution in [0.3, 0.4) is 0 Å². The van der Waals surface area contributed by atoms with Crippen molar-refractivity contribution in [1.82, 2.24) is 5.01 Å². The first-order chi connectivity index (χ1) is 18.3. The predicted molar refractivity (Wildman–Crippen MR) is 152 cm³/mol. The molecule has 3 unspecified atom stereocenters. The maximum atomic E-state index is 13.6. The molecule has 3 aromatic rings. The average molecular weight is 546 g/mol. The number of fused-ring (bicyclic) bond motifs is 1. The molecule has 1 aliphatic heterocycles. The van der Waals surface area contributed by atoms with Crippen LogP contribution in [0.5, 0.6) is 0 Å². The van der Waals surface area contributed by atoms with E-state index < -0.39 is 4.92 Å². The Kier molecular flexibility index (Phi) is 7.45. The Hall–Kier alpha value is -3.74. The molecule has 38 heavy (non-hydrogen) atoms. The molecule has 1 aliphatic carbocycles. The van der Waals surface area contributed by atoms with Gasteiger partial charge >= 0.3 is 0 Å². The highest BCUT2D eigenvalue weighted by molar-refractivity contribution is 6.30. The minimum absolute atomic E-state index is 0.0219. The first-order valence-electron chi connectivity index (χ1n) is 12.3. The predicted octanol–water partition coefficient (Wildman–Crippen LogP) is 7.98. The van der Waals surface area contributed by atoms with Gasteiger partial charge in [-0.05, 0) is 77.4 Å². The minimum Gasteiger partial charge on any atom is -0.268 e. The van der Waals surface area contributed by atoms with Crippen LogP contribution < -0.4 is 0 Å². The normalized spacial score (nSPS) is 22.0. The Morgan fingerprint density at radius 2 is 1.71 bits per heavy atom. The molecule has 0 aromatic heterocycles. The Bertz CT molecular complexity index is 1460. The van der Waals surface area contributed by atoms with Crippen LogP contribution in [0.2, 0.25) is 10.0 Å². The number of hydrazone groups is 1. The van der Waals surface area contributed by atoms with E-state index in [0.29, 0.717) is 21.5 Å². The smallest absolute Gasteiger partial charge is 0.268 e. The molecule has 1 amide bonds. The summed E-state index contributed by atoms with van der Waals surface area (Å²) in [5.41, 5.74) is 4.53. The molecule has 6 nitrogen and oxygen atoms in total. The van der Waals surface area contributed by atoms with Crippen molar-refractivity contribution < 1.29 is 9.72 Å². The van der Waals surface area contributed by atoms with Crippen molar-refractivity contribution >= 4 is 52.7 Å². The van der Waals surface area contributed by atoms with Gasteiger partial charge < -0.3 is 0 Å². The molecule has 2 aliphatic rings. The zero-order valence-corrected chi connectivity index (χ0v) is 22.1. The fourth-order valence-corrected chi connectivity index (χ4v) is 5.46. The van der Waals surface area contributed by atoms with Gasteiger partial charge in [0.25, 0.3) is 11.6 Å². The Morgan fingerprint density at radius 1 is 1.03 bits per heavy atom. The number of halogens is 2. The summed E-state index contributed by atoms with van der Waals surface area (Å²) in [6.07, 6.45) is 6.89. The van der Waals surface area contributed by atoms with E-state index in [0.717, 1.165) is 35.3 Å². The number of benzene rings is 3. The molecule has 5 rings (SSSR count). The van der Waals surface area contributed by atoms with Crippen LogP contribution in [0.15, 0.2) is 89.5 Å². The van der Waals surface area contributed by atoms with Crippen LogP contribution in [0.1, 0.15) is 42.5 Å². The van der Waals surface area contributed by atoms with Gasteiger partial charge in [-0.15, -0.1) is 0 Å². The van der Waals surface area contributed by atoms with Gasteiger partial charge in [-0.2, -0.15) is 5.10 Å². The summed E-state index contributed by atoms with van der Waals surface area (Å²) in [5.74, 6) is 0.133. The number of non-ortho nitro benzene ring substituents is 1. The lowest BCUT2D eigenvalue weighted by molar-refractivity contribution is -0.384. The fourth-order valence-electron chi connectivity index (χ4n) is 5.21. The third-order valence-electron chi connectivity index (χ3n) is 6.91. The summed E-state index contributed by atoms with van der Waals surface area (Å²) >= 11 is 12.2. The molecule has 1 heterocycles. The van der Waals surface area contributed by atoms with E-state index in [2.05, 4.69) is 13.0 Å². The molecule has 3 atom stereocenters. The summed E-state index contributed by atoms with van der Waals surface area (Å²) in [6.45, 7) is 2.22. The second-order valence-electron chi connectivity index (χ2n) is 9.72. The van der Waals surface area contributed by atoms with Crippen LogP contribution >= 0.6 is 23.2 Å². The largest absolute Gasteiger partial charge is 0.270 e. The van der Waals surface area contributed by atoms with E-state index in [-0.39, 0.29) is 23.6 Å². The number of carbonyl (C=O) groups excluding carboxylic acids is 1. The van der Waals surface area contributed by atoms with Crippen molar-refractivity contribution in [2.45, 2.75) is 25.8 Å². The first kappa shape index (κ1) is 25.9. The number of nitrogens with zero attached hydrogens (tertiary/aromatic N) is 3. The molecule has 192 valence electrons. The number of nitro groups is 1. The zero-order valence-electron chi connectivity index (χ0n) is 20.6. The van der Waals surface area contributed by atoms with Crippen molar-refractivity contribution in [2.75, 3.05) is 0 Å². The minimum atomic E-state index is -0.456. The number of carbonyl (C=O) groups is 1. The number of amides is 1. The average Bonchev–Trinajstić information content (AvgIpc) is 3.29. The summed E-state index contributed by atoms with van der Waals surface area (Å²) in [5, 5.41) is 18.9. The van der Waals surface area contributed by atoms with Crippen molar-refractivity contribution in [3.8, 4) is 0 Å². The zero-order chi connectivity index (χ0) is 26.8. The van der Waals surface area contributed by atoms with Gasteiger partial charge in [0.1, 0.15) is 0 Å². The lowest BCUT2D eigenvalue weighted by Crippen LogP contribution is -2.32. The summed E-state index contributed by atoms with van der Waals surface area (Å²) in [7, 11) is 0. The highest BCUT2D eigenvalue weighted by Gasteiger charge is 2.44. The Morgan fingerprint density at radius 3 is 2.39 bits per heavy atom. The molecule has 1 saturated carbocycles. The SMILES string of the molecule is CC1C/C(=C/c2ccc(Cl)cc2)C2=NN(C(=O)/C=C/c3cccc([N+](=O)[O-])c3)C(c3ccc(Cl)cc3)C2C1. The molecule has 8 heteroatoms. The monoisotopic (exact) mass is 545 g/mol. The summed E-state index contributed by atoms with van der Waals surface area (Å²) in [6, 6.07) is 21.1. The van der Waals surface area contributed by atoms with E-state index >= 15 is 0 Å². The van der Waals surface area contributed by atoms with Gasteiger partial charge in [0, 0.05) is 34.2 Å². The molecule has 0 saturated heterocycles. The summed E-state index contributed by atoms with van der Waals surface area (Å²) in [4.78, 5) is 24.2. The molecular weight excluding hydrogens is 521 g/mol. The second kappa shape index (κ2) is 10.9. The van der Waals surface area contributed by atoms with Crippen molar-refractivity contribution in [3.63, 3.8) is 0 Å². The van der Waals surface area contributed by atoms with Crippen molar-refractivity contribution in [1.29, 1.82) is 0 Å². The number of rotatable bonds is 5. The molecule has 0 N–H and O–H groups in total. The number of allylic oxidation sites excluding steroid dienone is 1. The molecule has 0 spiro atoms. The third kappa shape index (κ3) is 5.57. The first-order valence-corrected chi connectivity index (χ1v) is 13.1. The van der Waals surface area contributed by atoms with E-state index in [4.69, 9.17) is 28.3 Å². The second-order valence-corrected chi connectivity index (χ2v) is 10.6. The topological polar surface area (TPSA) is 75.8 Å². The molecule has 0 bridgehead atoms. The van der Waals surface area contributed by atoms with Gasteiger partial charge in [0.2, 0.25) is 0 Å². The quantitative estimate of drug-likeness (QED) is 0.185. The standard InChI is InChI=1S/C30H25Cl2N3O3/c1-19-15-23(17-21-5-10-24(31)11-6-21)29-27(16-19)30(22-8-12-25(32)13-9-22)34(33-29)28(36)14-7-20-3-2-4-26(18-20)35(37)38/h2-14,17-19,27,30H,15-16H2,1H3/b14-7+,23-17-. The van der Waals surface area contributed by atoms with Gasteiger partial charge in [0.15, 0.2) is 0 Å². The van der Waals surface area contributed by atoms with Crippen LogP contribution in [0, 0.1) is 22.0 Å². The van der Waals surface area contributed by atoms with Crippen molar-refractivity contribution in [2.24, 2.45) is 16.9 Å². The van der Waals surface area contributed by atoms with E-state index in [1.54, 1.807) is 23.2 Å². The molecular formula is C30H25Cl2N3O3. The maximum absolute atomic E-state index is 13.6. The van der Waals surface area contributed by atoms with Gasteiger partial charge in [-0.1, -0.05) is 66.5 Å². The number of hydrogen-bond acceptors (Lipinski definition) is 4. The number of hydrogen-bond donors (Lipinski definition) is 0. The van der Waals surface area contributed by atoms with Crippen LogP contribution in [-0.4, -0.2) is 21.6 Å². The molecule has 3 aromatic carbocycles. The third-order valence-corrected chi connectivity index (χ3v) is 7.42. The van der Waals surface area contributed by atoms with Crippen LogP contribution in [-0.2, 0) is 4.79 Å². The number of nitro benzene ring substituents is 1. The molecule has 1 fully saturated rings. The summed E-state index contributed by atoms with van der Waals surface area (Å²) < 4.78 is 0. The van der Waals surface area contributed by atoms with E-state index in [1.165, 1.54) is 18.2 Å². The fraction of sp³-hybridized carbons (Fsp3) is 0.200. The van der Waals surface area contributed by atoms with Crippen LogP contribution in [0.25, 0.3) is 12.2 Å². The van der Waals surface area contributed by atoms with Crippen LogP contribution in [0.4, 0.5) is 5.69 Å². The molecule has 0 radical (unpaired) electrons. The lowest BCUT2D eigenvalue weighted by Gasteiger charge is -2.32. The van der Waals surface area contributed by atoms with Gasteiger partial charge in [0.05, 0.1) is 16.7 Å². The van der Waals surface area contributed by atoms with Gasteiger partial charge in [-0.25, -0.2) is 5.01 Å². The maximum Gasteiger partial charge on any atom is 0.270 e. The van der Waals surface area contributed by atoms with Gasteiger partial charge in [-0.3, -0.25) is 14.9 Å². The highest BCUT2D eigenvalue weighted by atomic mass is 35.5.